The molecule has 9 nitrogen and oxygen atoms in total. The highest BCUT2D eigenvalue weighted by molar-refractivity contribution is 7.60. The Hall–Kier alpha value is -2.91. The van der Waals surface area contributed by atoms with E-state index in [1.165, 1.54) is 16.7 Å². The molecule has 2 heterocycles. The predicted molar refractivity (Wildman–Crippen MR) is 174 cm³/mol. The Balaban J connectivity index is 1.17. The summed E-state index contributed by atoms with van der Waals surface area (Å²) < 4.78 is 27.9. The molecule has 0 unspecified atom stereocenters. The molecule has 3 N–H and O–H groups in total. The molecule has 0 aliphatic carbocycles. The molecule has 0 amide bonds. The van der Waals surface area contributed by atoms with Crippen LogP contribution in [0.2, 0.25) is 0 Å². The smallest absolute Gasteiger partial charge is 0.408 e. The van der Waals surface area contributed by atoms with Gasteiger partial charge in [0, 0.05) is 23.4 Å². The maximum absolute atomic E-state index is 10.4. The summed E-state index contributed by atoms with van der Waals surface area (Å²) in [5.74, 6) is 1.30. The van der Waals surface area contributed by atoms with Crippen molar-refractivity contribution in [1.29, 1.82) is 0 Å². The third-order valence-corrected chi connectivity index (χ3v) is 9.33. The molecule has 232 valence electrons. The van der Waals surface area contributed by atoms with Crippen molar-refractivity contribution in [3.05, 3.63) is 70.9 Å². The number of hydrogen-bond acceptors (Lipinski definition) is 9. The Morgan fingerprint density at radius 1 is 0.837 bits per heavy atom. The molecule has 4 rings (SSSR count). The molecule has 10 heteroatoms. The third kappa shape index (κ3) is 9.54. The van der Waals surface area contributed by atoms with Crippen LogP contribution in [-0.2, 0) is 31.4 Å². The number of aryl methyl sites for hydroxylation is 4. The molecule has 4 aromatic rings. The van der Waals surface area contributed by atoms with Gasteiger partial charge in [0.25, 0.3) is 0 Å². The largest absolute Gasteiger partial charge is 0.491 e. The van der Waals surface area contributed by atoms with Crippen molar-refractivity contribution in [2.24, 2.45) is 0 Å². The number of benzene rings is 2. The monoisotopic (exact) mass is 610 g/mol. The van der Waals surface area contributed by atoms with E-state index in [1.54, 1.807) is 0 Å². The molecule has 0 atom stereocenters. The van der Waals surface area contributed by atoms with Crippen molar-refractivity contribution >= 4 is 35.6 Å². The standard InChI is InChI=1S/C33H45N3O6P/c1-5-41-43(37,42-6-2)19-7-14-38-15-16-39-17-18-40-28-12-11-27(25(4)21-28)10-9-26-22-30-29-13-8-24(3)20-31(29)36-33(34)32(30)35-23-26/h8,11-13,20-23,37H,5-7,9-10,14-19H2,1-4H3,(H2,34,36)/q+1. The first-order chi connectivity index (χ1) is 20.8. The molecule has 2 aromatic carbocycles. The van der Waals surface area contributed by atoms with Gasteiger partial charge in [-0.15, -0.1) is 0 Å². The average molecular weight is 611 g/mol. The van der Waals surface area contributed by atoms with Gasteiger partial charge in [-0.2, -0.15) is 13.9 Å². The van der Waals surface area contributed by atoms with E-state index in [2.05, 4.69) is 60.2 Å². The van der Waals surface area contributed by atoms with Gasteiger partial charge in [0.1, 0.15) is 24.0 Å². The van der Waals surface area contributed by atoms with Gasteiger partial charge >= 0.3 is 7.94 Å². The van der Waals surface area contributed by atoms with Crippen molar-refractivity contribution < 1.29 is 28.2 Å². The van der Waals surface area contributed by atoms with Crippen LogP contribution in [0.15, 0.2) is 48.7 Å². The third-order valence-electron chi connectivity index (χ3n) is 7.13. The number of nitrogens with two attached hydrogens (primary N) is 1. The Labute approximate surface area is 255 Å². The predicted octanol–water partition coefficient (Wildman–Crippen LogP) is 6.40. The number of aromatic nitrogens is 2. The van der Waals surface area contributed by atoms with Gasteiger partial charge in [0.15, 0.2) is 5.82 Å². The lowest BCUT2D eigenvalue weighted by Gasteiger charge is -2.15. The summed E-state index contributed by atoms with van der Waals surface area (Å²) in [7, 11) is -2.75. The second kappa shape index (κ2) is 16.2. The Kier molecular flexibility index (Phi) is 12.5. The number of pyridine rings is 2. The summed E-state index contributed by atoms with van der Waals surface area (Å²) >= 11 is 0. The number of anilines is 1. The minimum atomic E-state index is -2.75. The van der Waals surface area contributed by atoms with Gasteiger partial charge in [-0.3, -0.25) is 4.98 Å². The van der Waals surface area contributed by atoms with E-state index in [0.29, 0.717) is 64.6 Å². The quantitative estimate of drug-likeness (QED) is 0.0750. The van der Waals surface area contributed by atoms with Crippen LogP contribution in [0.3, 0.4) is 0 Å². The SMILES string of the molecule is CCO[P+](O)(CCCOCCOCCOc1ccc(CCc2cnc3c(N)nc4cc(C)ccc4c3c2)c(C)c1)OCC. The molecule has 0 aliphatic heterocycles. The molecule has 2 aromatic heterocycles. The first-order valence-electron chi connectivity index (χ1n) is 15.0. The fraction of sp³-hybridized carbons (Fsp3) is 0.455. The minimum Gasteiger partial charge on any atom is -0.491 e. The molecular weight excluding hydrogens is 565 g/mol. The van der Waals surface area contributed by atoms with Crippen LogP contribution in [0, 0.1) is 13.8 Å². The van der Waals surface area contributed by atoms with Crippen molar-refractivity contribution in [2.75, 3.05) is 58.1 Å². The summed E-state index contributed by atoms with van der Waals surface area (Å²) in [6.07, 6.45) is 4.82. The van der Waals surface area contributed by atoms with Crippen LogP contribution in [-0.4, -0.2) is 67.3 Å². The van der Waals surface area contributed by atoms with E-state index >= 15 is 0 Å². The molecule has 0 fully saturated rings. The van der Waals surface area contributed by atoms with Crippen LogP contribution in [0.5, 0.6) is 5.75 Å². The van der Waals surface area contributed by atoms with Crippen molar-refractivity contribution in [3.8, 4) is 5.75 Å². The Morgan fingerprint density at radius 3 is 2.33 bits per heavy atom. The zero-order chi connectivity index (χ0) is 30.7. The zero-order valence-corrected chi connectivity index (χ0v) is 26.7. The molecule has 0 radical (unpaired) electrons. The Bertz CT molecular complexity index is 1480. The fourth-order valence-corrected chi connectivity index (χ4v) is 6.66. The zero-order valence-electron chi connectivity index (χ0n) is 25.8. The van der Waals surface area contributed by atoms with Crippen molar-refractivity contribution in [1.82, 2.24) is 9.97 Å². The number of ether oxygens (including phenoxy) is 3. The van der Waals surface area contributed by atoms with Gasteiger partial charge in [0.05, 0.1) is 45.2 Å². The van der Waals surface area contributed by atoms with Gasteiger partial charge in [-0.05, 0) is 87.1 Å². The van der Waals surface area contributed by atoms with E-state index in [4.69, 9.17) is 29.0 Å². The molecule has 0 spiro atoms. The highest BCUT2D eigenvalue weighted by Crippen LogP contribution is 2.57. The lowest BCUT2D eigenvalue weighted by molar-refractivity contribution is 0.0362. The van der Waals surface area contributed by atoms with Crippen LogP contribution in [0.25, 0.3) is 21.8 Å². The van der Waals surface area contributed by atoms with E-state index in [0.717, 1.165) is 46.0 Å². The number of rotatable bonds is 18. The number of nitrogens with zero attached hydrogens (tertiary/aromatic N) is 2. The average Bonchev–Trinajstić information content (AvgIpc) is 2.97. The summed E-state index contributed by atoms with van der Waals surface area (Å²) in [4.78, 5) is 19.6. The number of hydrogen-bond donors (Lipinski definition) is 2. The van der Waals surface area contributed by atoms with Gasteiger partial charge < -0.3 is 19.9 Å². The fourth-order valence-electron chi connectivity index (χ4n) is 4.99. The summed E-state index contributed by atoms with van der Waals surface area (Å²) in [5.41, 5.74) is 12.7. The highest BCUT2D eigenvalue weighted by atomic mass is 31.2. The molecule has 0 saturated carbocycles. The van der Waals surface area contributed by atoms with Crippen LogP contribution in [0.1, 0.15) is 42.5 Å². The topological polar surface area (TPSA) is 118 Å². The maximum Gasteiger partial charge on any atom is 0.408 e. The first-order valence-corrected chi connectivity index (χ1v) is 16.8. The van der Waals surface area contributed by atoms with E-state index in [-0.39, 0.29) is 0 Å². The lowest BCUT2D eigenvalue weighted by atomic mass is 9.99. The first kappa shape index (κ1) is 33.0. The summed E-state index contributed by atoms with van der Waals surface area (Å²) in [5, 5.41) is 2.12. The van der Waals surface area contributed by atoms with E-state index in [1.807, 2.05) is 26.1 Å². The second-order valence-electron chi connectivity index (χ2n) is 10.5. The summed E-state index contributed by atoms with van der Waals surface area (Å²) in [6.45, 7) is 11.2. The molecule has 0 aliphatic rings. The molecular formula is C33H45N3O6P+. The van der Waals surface area contributed by atoms with Gasteiger partial charge in [0.2, 0.25) is 0 Å². The number of fused-ring (bicyclic) bond motifs is 3. The number of nitrogen functional groups attached to an aromatic ring is 1. The van der Waals surface area contributed by atoms with E-state index < -0.39 is 7.94 Å². The lowest BCUT2D eigenvalue weighted by Crippen LogP contribution is -2.12. The van der Waals surface area contributed by atoms with Gasteiger partial charge in [-0.1, -0.05) is 18.2 Å². The summed E-state index contributed by atoms with van der Waals surface area (Å²) in [6, 6.07) is 14.7. The van der Waals surface area contributed by atoms with Crippen LogP contribution in [0.4, 0.5) is 5.82 Å². The Morgan fingerprint density at radius 2 is 1.58 bits per heavy atom. The van der Waals surface area contributed by atoms with Crippen molar-refractivity contribution in [2.45, 2.75) is 47.0 Å². The normalized spacial score (nSPS) is 11.9. The molecule has 0 saturated heterocycles. The second-order valence-corrected chi connectivity index (χ2v) is 12.7. The van der Waals surface area contributed by atoms with Crippen molar-refractivity contribution in [3.63, 3.8) is 0 Å². The van der Waals surface area contributed by atoms with Crippen LogP contribution >= 0.6 is 7.94 Å². The van der Waals surface area contributed by atoms with Crippen LogP contribution < -0.4 is 10.5 Å². The maximum atomic E-state index is 10.4. The van der Waals surface area contributed by atoms with Gasteiger partial charge in [-0.25, -0.2) is 4.98 Å². The minimum absolute atomic E-state index is 0.432. The highest BCUT2D eigenvalue weighted by Gasteiger charge is 2.38. The molecule has 43 heavy (non-hydrogen) atoms. The van der Waals surface area contributed by atoms with E-state index in [9.17, 15) is 4.89 Å². The molecule has 0 bridgehead atoms.